The van der Waals surface area contributed by atoms with Crippen LogP contribution >= 0.6 is 15.9 Å². The van der Waals surface area contributed by atoms with Crippen molar-refractivity contribution in [2.75, 3.05) is 7.11 Å². The number of halogens is 2. The molecule has 0 saturated heterocycles. The molecule has 0 bridgehead atoms. The summed E-state index contributed by atoms with van der Waals surface area (Å²) >= 11 is 3.16. The van der Waals surface area contributed by atoms with Gasteiger partial charge in [-0.15, -0.1) is 0 Å². The van der Waals surface area contributed by atoms with Crippen LogP contribution in [0.25, 0.3) is 0 Å². The Kier molecular flexibility index (Phi) is 5.20. The first-order valence-corrected chi connectivity index (χ1v) is 7.31. The number of benzene rings is 2. The Balaban J connectivity index is 2.19. The monoisotopic (exact) mass is 353 g/mol. The number of methoxy groups -OCH3 is 1. The van der Waals surface area contributed by atoms with Gasteiger partial charge in [0.1, 0.15) is 23.9 Å². The van der Waals surface area contributed by atoms with E-state index in [1.165, 1.54) is 6.07 Å². The summed E-state index contributed by atoms with van der Waals surface area (Å²) in [5, 5.41) is 0. The first kappa shape index (κ1) is 15.8. The Hall–Kier alpha value is -1.59. The summed E-state index contributed by atoms with van der Waals surface area (Å²) in [5.41, 5.74) is 7.70. The zero-order chi connectivity index (χ0) is 15.4. The van der Waals surface area contributed by atoms with E-state index < -0.39 is 0 Å². The zero-order valence-corrected chi connectivity index (χ0v) is 13.5. The highest BCUT2D eigenvalue weighted by molar-refractivity contribution is 9.10. The van der Waals surface area contributed by atoms with Gasteiger partial charge in [0, 0.05) is 17.7 Å². The lowest BCUT2D eigenvalue weighted by Gasteiger charge is -2.15. The van der Waals surface area contributed by atoms with Crippen LogP contribution in [0.3, 0.4) is 0 Å². The van der Waals surface area contributed by atoms with E-state index in [2.05, 4.69) is 15.9 Å². The van der Waals surface area contributed by atoms with Gasteiger partial charge in [0.05, 0.1) is 11.6 Å². The molecule has 1 atom stereocenters. The number of ether oxygens (including phenoxy) is 2. The number of rotatable bonds is 5. The molecular weight excluding hydrogens is 337 g/mol. The zero-order valence-electron chi connectivity index (χ0n) is 11.9. The van der Waals surface area contributed by atoms with Crippen LogP contribution in [0.4, 0.5) is 4.39 Å². The van der Waals surface area contributed by atoms with Crippen molar-refractivity contribution in [3.8, 4) is 11.5 Å². The van der Waals surface area contributed by atoms with E-state index in [-0.39, 0.29) is 11.9 Å². The van der Waals surface area contributed by atoms with Crippen molar-refractivity contribution in [1.29, 1.82) is 0 Å². The second-order valence-corrected chi connectivity index (χ2v) is 5.58. The van der Waals surface area contributed by atoms with Gasteiger partial charge in [0.15, 0.2) is 0 Å². The van der Waals surface area contributed by atoms with Crippen molar-refractivity contribution >= 4 is 15.9 Å². The molecule has 0 heterocycles. The molecule has 2 aromatic rings. The second-order valence-electron chi connectivity index (χ2n) is 4.73. The summed E-state index contributed by atoms with van der Waals surface area (Å²) in [7, 11) is 1.60. The molecule has 0 saturated carbocycles. The van der Waals surface area contributed by atoms with Gasteiger partial charge in [-0.2, -0.15) is 0 Å². The molecule has 0 aliphatic heterocycles. The van der Waals surface area contributed by atoms with Gasteiger partial charge in [-0.3, -0.25) is 0 Å². The van der Waals surface area contributed by atoms with Crippen molar-refractivity contribution in [2.24, 2.45) is 5.73 Å². The maximum absolute atomic E-state index is 13.2. The number of hydrogen-bond donors (Lipinski definition) is 1. The molecule has 2 N–H and O–H groups in total. The van der Waals surface area contributed by atoms with Crippen LogP contribution in [0.5, 0.6) is 11.5 Å². The molecule has 5 heteroatoms. The summed E-state index contributed by atoms with van der Waals surface area (Å²) in [4.78, 5) is 0. The molecule has 0 unspecified atom stereocenters. The van der Waals surface area contributed by atoms with E-state index >= 15 is 0 Å². The summed E-state index contributed by atoms with van der Waals surface area (Å²) in [6.07, 6.45) is 0. The molecule has 0 amide bonds. The molecule has 0 aliphatic rings. The Labute approximate surface area is 132 Å². The third-order valence-corrected chi connectivity index (χ3v) is 3.70. The summed E-state index contributed by atoms with van der Waals surface area (Å²) in [6, 6.07) is 10.2. The Bertz CT molecular complexity index is 632. The predicted molar refractivity (Wildman–Crippen MR) is 84.0 cm³/mol. The van der Waals surface area contributed by atoms with Crippen molar-refractivity contribution in [3.05, 3.63) is 57.8 Å². The minimum Gasteiger partial charge on any atom is -0.497 e. The lowest BCUT2D eigenvalue weighted by molar-refractivity contribution is 0.298. The molecular formula is C16H17BrFNO2. The average molecular weight is 354 g/mol. The third kappa shape index (κ3) is 3.95. The smallest absolute Gasteiger partial charge is 0.137 e. The largest absolute Gasteiger partial charge is 0.497 e. The summed E-state index contributed by atoms with van der Waals surface area (Å²) in [6.45, 7) is 2.22. The highest BCUT2D eigenvalue weighted by Gasteiger charge is 2.10. The van der Waals surface area contributed by atoms with Gasteiger partial charge < -0.3 is 15.2 Å². The molecule has 3 nitrogen and oxygen atoms in total. The fourth-order valence-electron chi connectivity index (χ4n) is 1.93. The predicted octanol–water partition coefficient (Wildman–Crippen LogP) is 4.20. The van der Waals surface area contributed by atoms with Crippen LogP contribution in [0.15, 0.2) is 40.9 Å². The minimum absolute atomic E-state index is 0.147. The fourth-order valence-corrected chi connectivity index (χ4v) is 2.36. The highest BCUT2D eigenvalue weighted by Crippen LogP contribution is 2.29. The van der Waals surface area contributed by atoms with Crippen molar-refractivity contribution < 1.29 is 13.9 Å². The number of nitrogens with two attached hydrogens (primary N) is 1. The van der Waals surface area contributed by atoms with E-state index in [4.69, 9.17) is 15.2 Å². The van der Waals surface area contributed by atoms with E-state index in [1.807, 2.05) is 19.1 Å². The van der Waals surface area contributed by atoms with Crippen LogP contribution in [0, 0.1) is 5.82 Å². The van der Waals surface area contributed by atoms with Crippen LogP contribution in [-0.4, -0.2) is 7.11 Å². The van der Waals surface area contributed by atoms with Crippen LogP contribution in [-0.2, 0) is 6.61 Å². The van der Waals surface area contributed by atoms with E-state index in [9.17, 15) is 4.39 Å². The first-order valence-electron chi connectivity index (χ1n) is 6.51. The van der Waals surface area contributed by atoms with Gasteiger partial charge in [0.2, 0.25) is 0 Å². The first-order chi connectivity index (χ1) is 10.0. The second kappa shape index (κ2) is 6.91. The molecule has 112 valence electrons. The molecule has 0 aromatic heterocycles. The minimum atomic E-state index is -0.295. The maximum atomic E-state index is 13.2. The van der Waals surface area contributed by atoms with Gasteiger partial charge >= 0.3 is 0 Å². The third-order valence-electron chi connectivity index (χ3n) is 3.09. The van der Waals surface area contributed by atoms with Crippen molar-refractivity contribution in [3.63, 3.8) is 0 Å². The maximum Gasteiger partial charge on any atom is 0.137 e. The lowest BCUT2D eigenvalue weighted by atomic mass is 10.1. The SMILES string of the molecule is COc1ccc([C@@H](C)N)c(OCc2ccc(F)c(Br)c2)c1. The summed E-state index contributed by atoms with van der Waals surface area (Å²) in [5.74, 6) is 1.08. The Morgan fingerprint density at radius 1 is 1.24 bits per heavy atom. The van der Waals surface area contributed by atoms with Crippen molar-refractivity contribution in [2.45, 2.75) is 19.6 Å². The van der Waals surface area contributed by atoms with Gasteiger partial charge in [-0.05, 0) is 46.6 Å². The van der Waals surface area contributed by atoms with E-state index in [1.54, 1.807) is 25.3 Å². The summed E-state index contributed by atoms with van der Waals surface area (Å²) < 4.78 is 24.6. The molecule has 21 heavy (non-hydrogen) atoms. The van der Waals surface area contributed by atoms with Gasteiger partial charge in [-0.25, -0.2) is 4.39 Å². The average Bonchev–Trinajstić information content (AvgIpc) is 2.48. The van der Waals surface area contributed by atoms with Crippen LogP contribution < -0.4 is 15.2 Å². The fraction of sp³-hybridized carbons (Fsp3) is 0.250. The van der Waals surface area contributed by atoms with Crippen molar-refractivity contribution in [1.82, 2.24) is 0 Å². The quantitative estimate of drug-likeness (QED) is 0.876. The molecule has 0 aliphatic carbocycles. The van der Waals surface area contributed by atoms with E-state index in [0.717, 1.165) is 11.1 Å². The normalized spacial score (nSPS) is 12.0. The molecule has 0 fully saturated rings. The molecule has 2 rings (SSSR count). The molecule has 2 aromatic carbocycles. The Morgan fingerprint density at radius 3 is 2.62 bits per heavy atom. The van der Waals surface area contributed by atoms with Crippen LogP contribution in [0.2, 0.25) is 0 Å². The van der Waals surface area contributed by atoms with Gasteiger partial charge in [-0.1, -0.05) is 12.1 Å². The van der Waals surface area contributed by atoms with Crippen LogP contribution in [0.1, 0.15) is 24.1 Å². The molecule has 0 radical (unpaired) electrons. The van der Waals surface area contributed by atoms with E-state index in [0.29, 0.717) is 22.6 Å². The highest BCUT2D eigenvalue weighted by atomic mass is 79.9. The lowest BCUT2D eigenvalue weighted by Crippen LogP contribution is -2.08. The standard InChI is InChI=1S/C16H17BrFNO2/c1-10(19)13-5-4-12(20-2)8-16(13)21-9-11-3-6-15(18)14(17)7-11/h3-8,10H,9,19H2,1-2H3/t10-/m1/s1. The molecule has 0 spiro atoms. The topological polar surface area (TPSA) is 44.5 Å². The van der Waals surface area contributed by atoms with Gasteiger partial charge in [0.25, 0.3) is 0 Å². The Morgan fingerprint density at radius 2 is 2.00 bits per heavy atom. The number of hydrogen-bond acceptors (Lipinski definition) is 3.